The summed E-state index contributed by atoms with van der Waals surface area (Å²) in [5, 5.41) is 2.58. The fourth-order valence-electron chi connectivity index (χ4n) is 2.33. The Hall–Kier alpha value is -3.43. The zero-order valence-electron chi connectivity index (χ0n) is 13.9. The van der Waals surface area contributed by atoms with Gasteiger partial charge in [-0.05, 0) is 18.6 Å². The molecule has 10 heteroatoms. The molecular weight excluding hydrogens is 340 g/mol. The molecule has 3 aromatic rings. The molecule has 10 nitrogen and oxygen atoms in total. The van der Waals surface area contributed by atoms with Crippen LogP contribution < -0.4 is 11.1 Å². The number of carbonyl (C=O) groups is 2. The van der Waals surface area contributed by atoms with E-state index in [2.05, 4.69) is 20.3 Å². The molecule has 136 valence electrons. The van der Waals surface area contributed by atoms with Crippen LogP contribution in [0.2, 0.25) is 0 Å². The first kappa shape index (κ1) is 17.4. The number of aryl methyl sites for hydroxylation is 1. The van der Waals surface area contributed by atoms with Crippen LogP contribution in [0.25, 0.3) is 11.2 Å². The van der Waals surface area contributed by atoms with E-state index in [1.165, 1.54) is 12.6 Å². The Labute approximate surface area is 148 Å². The molecule has 1 amide bonds. The summed E-state index contributed by atoms with van der Waals surface area (Å²) in [7, 11) is 0. The second-order valence-electron chi connectivity index (χ2n) is 5.43. The fraction of sp³-hybridized carbons (Fsp3) is 0.312. The molecule has 0 saturated carbocycles. The third-order valence-corrected chi connectivity index (χ3v) is 3.60. The van der Waals surface area contributed by atoms with Gasteiger partial charge in [-0.25, -0.2) is 15.0 Å². The number of nitrogens with zero attached hydrogens (tertiary/aromatic N) is 4. The summed E-state index contributed by atoms with van der Waals surface area (Å²) < 4.78 is 11.9. The fourth-order valence-corrected chi connectivity index (χ4v) is 2.33. The van der Waals surface area contributed by atoms with Crippen LogP contribution in [0.5, 0.6) is 0 Å². The SMILES string of the molecule is Nc1ncnc2c1ncn2CCCOC(=O)CCNC(=O)c1ccco1. The van der Waals surface area contributed by atoms with E-state index >= 15 is 0 Å². The van der Waals surface area contributed by atoms with E-state index in [-0.39, 0.29) is 37.2 Å². The first-order valence-electron chi connectivity index (χ1n) is 8.04. The van der Waals surface area contributed by atoms with Crippen LogP contribution in [0.4, 0.5) is 5.82 Å². The second kappa shape index (κ2) is 8.10. The van der Waals surface area contributed by atoms with Crippen molar-refractivity contribution in [2.75, 3.05) is 18.9 Å². The highest BCUT2D eigenvalue weighted by Gasteiger charge is 2.10. The number of anilines is 1. The van der Waals surface area contributed by atoms with Crippen molar-refractivity contribution in [2.24, 2.45) is 0 Å². The maximum Gasteiger partial charge on any atom is 0.307 e. The summed E-state index contributed by atoms with van der Waals surface area (Å²) in [6.45, 7) is 1.02. The van der Waals surface area contributed by atoms with Crippen molar-refractivity contribution in [2.45, 2.75) is 19.4 Å². The molecule has 3 rings (SSSR count). The first-order chi connectivity index (χ1) is 12.6. The third-order valence-electron chi connectivity index (χ3n) is 3.60. The molecule has 3 heterocycles. The predicted octanol–water partition coefficient (Wildman–Crippen LogP) is 0.755. The Bertz CT molecular complexity index is 889. The lowest BCUT2D eigenvalue weighted by Crippen LogP contribution is -2.26. The molecular formula is C16H18N6O4. The van der Waals surface area contributed by atoms with E-state index in [4.69, 9.17) is 14.9 Å². The summed E-state index contributed by atoms with van der Waals surface area (Å²) >= 11 is 0. The van der Waals surface area contributed by atoms with E-state index in [1.807, 2.05) is 4.57 Å². The second-order valence-corrected chi connectivity index (χ2v) is 5.43. The average Bonchev–Trinajstić information content (AvgIpc) is 3.29. The lowest BCUT2D eigenvalue weighted by atomic mass is 10.4. The van der Waals surface area contributed by atoms with Gasteiger partial charge in [-0.3, -0.25) is 9.59 Å². The van der Waals surface area contributed by atoms with Gasteiger partial charge in [0, 0.05) is 13.1 Å². The van der Waals surface area contributed by atoms with Crippen molar-refractivity contribution in [1.29, 1.82) is 0 Å². The quantitative estimate of drug-likeness (QED) is 0.444. The highest BCUT2D eigenvalue weighted by molar-refractivity contribution is 5.91. The smallest absolute Gasteiger partial charge is 0.307 e. The van der Waals surface area contributed by atoms with Gasteiger partial charge < -0.3 is 24.8 Å². The highest BCUT2D eigenvalue weighted by Crippen LogP contribution is 2.14. The van der Waals surface area contributed by atoms with Gasteiger partial charge >= 0.3 is 5.97 Å². The monoisotopic (exact) mass is 358 g/mol. The third kappa shape index (κ3) is 4.15. The molecule has 0 aliphatic rings. The Balaban J connectivity index is 1.35. The molecule has 0 atom stereocenters. The number of carbonyl (C=O) groups excluding carboxylic acids is 2. The Morgan fingerprint density at radius 3 is 3.00 bits per heavy atom. The number of hydrogen-bond acceptors (Lipinski definition) is 8. The topological polar surface area (TPSA) is 138 Å². The summed E-state index contributed by atoms with van der Waals surface area (Å²) in [5.74, 6) is -0.213. The summed E-state index contributed by atoms with van der Waals surface area (Å²) in [6.07, 6.45) is 5.10. The molecule has 0 aliphatic heterocycles. The number of esters is 1. The molecule has 3 aromatic heterocycles. The lowest BCUT2D eigenvalue weighted by Gasteiger charge is -2.06. The van der Waals surface area contributed by atoms with Crippen LogP contribution in [0.15, 0.2) is 35.5 Å². The van der Waals surface area contributed by atoms with E-state index in [0.29, 0.717) is 29.9 Å². The van der Waals surface area contributed by atoms with Crippen molar-refractivity contribution in [1.82, 2.24) is 24.8 Å². The lowest BCUT2D eigenvalue weighted by molar-refractivity contribution is -0.143. The molecule has 0 spiro atoms. The minimum atomic E-state index is -0.383. The van der Waals surface area contributed by atoms with Gasteiger partial charge in [-0.15, -0.1) is 0 Å². The van der Waals surface area contributed by atoms with Gasteiger partial charge in [0.2, 0.25) is 0 Å². The number of rotatable bonds is 8. The van der Waals surface area contributed by atoms with Crippen molar-refractivity contribution in [3.63, 3.8) is 0 Å². The Morgan fingerprint density at radius 2 is 2.19 bits per heavy atom. The molecule has 0 radical (unpaired) electrons. The van der Waals surface area contributed by atoms with Crippen LogP contribution in [-0.4, -0.2) is 44.5 Å². The van der Waals surface area contributed by atoms with Crippen molar-refractivity contribution in [3.05, 3.63) is 36.8 Å². The maximum absolute atomic E-state index is 11.7. The zero-order valence-corrected chi connectivity index (χ0v) is 13.9. The molecule has 0 aliphatic carbocycles. The van der Waals surface area contributed by atoms with Crippen molar-refractivity contribution in [3.8, 4) is 0 Å². The predicted molar refractivity (Wildman–Crippen MR) is 91.0 cm³/mol. The number of fused-ring (bicyclic) bond motifs is 1. The van der Waals surface area contributed by atoms with Crippen LogP contribution in [-0.2, 0) is 16.1 Å². The number of aromatic nitrogens is 4. The molecule has 3 N–H and O–H groups in total. The van der Waals surface area contributed by atoms with Crippen LogP contribution in [0.3, 0.4) is 0 Å². The molecule has 0 saturated heterocycles. The molecule has 0 fully saturated rings. The van der Waals surface area contributed by atoms with Gasteiger partial charge in [0.05, 0.1) is 25.6 Å². The van der Waals surface area contributed by atoms with E-state index < -0.39 is 0 Å². The van der Waals surface area contributed by atoms with Gasteiger partial charge in [0.1, 0.15) is 11.8 Å². The standard InChI is InChI=1S/C16H18N6O4/c17-14-13-15(20-9-19-14)22(10-21-13)6-2-8-26-12(23)4-5-18-16(24)11-3-1-7-25-11/h1,3,7,9-10H,2,4-6,8H2,(H,18,24)(H2,17,19,20). The van der Waals surface area contributed by atoms with Crippen LogP contribution >= 0.6 is 0 Å². The van der Waals surface area contributed by atoms with Gasteiger partial charge in [0.15, 0.2) is 17.2 Å². The first-order valence-corrected chi connectivity index (χ1v) is 8.04. The van der Waals surface area contributed by atoms with Gasteiger partial charge in [-0.1, -0.05) is 0 Å². The number of imidazole rings is 1. The van der Waals surface area contributed by atoms with E-state index in [0.717, 1.165) is 0 Å². The number of ether oxygens (including phenoxy) is 1. The van der Waals surface area contributed by atoms with Crippen molar-refractivity contribution >= 4 is 28.9 Å². The Morgan fingerprint density at radius 1 is 1.31 bits per heavy atom. The largest absolute Gasteiger partial charge is 0.466 e. The maximum atomic E-state index is 11.7. The highest BCUT2D eigenvalue weighted by atomic mass is 16.5. The minimum Gasteiger partial charge on any atom is -0.466 e. The average molecular weight is 358 g/mol. The van der Waals surface area contributed by atoms with Crippen LogP contribution in [0, 0.1) is 0 Å². The number of amides is 1. The number of nitrogens with two attached hydrogens (primary N) is 1. The van der Waals surface area contributed by atoms with Crippen LogP contribution in [0.1, 0.15) is 23.4 Å². The van der Waals surface area contributed by atoms with Gasteiger partial charge in [0.25, 0.3) is 5.91 Å². The molecule has 26 heavy (non-hydrogen) atoms. The van der Waals surface area contributed by atoms with Crippen molar-refractivity contribution < 1.29 is 18.7 Å². The number of furan rings is 1. The summed E-state index contributed by atoms with van der Waals surface area (Å²) in [6, 6.07) is 3.17. The minimum absolute atomic E-state index is 0.0875. The normalized spacial score (nSPS) is 10.8. The molecule has 0 bridgehead atoms. The number of nitrogens with one attached hydrogen (secondary N) is 1. The Kier molecular flexibility index (Phi) is 5.42. The van der Waals surface area contributed by atoms with E-state index in [1.54, 1.807) is 18.5 Å². The number of nitrogen functional groups attached to an aromatic ring is 1. The number of hydrogen-bond donors (Lipinski definition) is 2. The molecule has 0 aromatic carbocycles. The zero-order chi connectivity index (χ0) is 18.4. The van der Waals surface area contributed by atoms with Gasteiger partial charge in [-0.2, -0.15) is 0 Å². The molecule has 0 unspecified atom stereocenters. The van der Waals surface area contributed by atoms with E-state index in [9.17, 15) is 9.59 Å². The summed E-state index contributed by atoms with van der Waals surface area (Å²) in [5.41, 5.74) is 6.93. The summed E-state index contributed by atoms with van der Waals surface area (Å²) in [4.78, 5) is 35.5.